The molecule has 3 rings (SSSR count). The Kier molecular flexibility index (Phi) is 5.11. The molecule has 0 aliphatic heterocycles. The minimum Gasteiger partial charge on any atom is -0.456 e. The molecule has 0 fully saturated rings. The minimum atomic E-state index is -0.641. The molecule has 0 atom stereocenters. The molecule has 1 heterocycles. The Morgan fingerprint density at radius 2 is 1.80 bits per heavy atom. The second-order valence-electron chi connectivity index (χ2n) is 5.35. The molecule has 7 heteroatoms. The van der Waals surface area contributed by atoms with Crippen LogP contribution in [0.25, 0.3) is 10.8 Å². The molecule has 0 radical (unpaired) electrons. The zero-order chi connectivity index (χ0) is 17.8. The Morgan fingerprint density at radius 3 is 2.48 bits per heavy atom. The summed E-state index contributed by atoms with van der Waals surface area (Å²) in [5, 5.41) is 14.5. The monoisotopic (exact) mass is 358 g/mol. The maximum absolute atomic E-state index is 12.5. The highest BCUT2D eigenvalue weighted by Crippen LogP contribution is 2.16. The van der Waals surface area contributed by atoms with Crippen molar-refractivity contribution in [2.75, 3.05) is 6.61 Å². The molecule has 128 valence electrons. The van der Waals surface area contributed by atoms with E-state index in [-0.39, 0.29) is 31.0 Å². The van der Waals surface area contributed by atoms with Crippen molar-refractivity contribution in [2.24, 2.45) is 0 Å². The van der Waals surface area contributed by atoms with E-state index < -0.39 is 5.97 Å². The summed E-state index contributed by atoms with van der Waals surface area (Å²) >= 11 is 5.83. The highest BCUT2D eigenvalue weighted by Gasteiger charge is 2.17. The van der Waals surface area contributed by atoms with Crippen LogP contribution in [0.5, 0.6) is 0 Å². The fourth-order valence-corrected chi connectivity index (χ4v) is 2.56. The molecule has 0 aliphatic carbocycles. The number of aromatic nitrogens is 2. The first-order valence-electron chi connectivity index (χ1n) is 7.62. The Bertz CT molecular complexity index is 967. The van der Waals surface area contributed by atoms with Crippen LogP contribution in [0, 0.1) is 0 Å². The number of aliphatic hydroxyl groups excluding tert-OH is 1. The zero-order valence-corrected chi connectivity index (χ0v) is 13.9. The van der Waals surface area contributed by atoms with Gasteiger partial charge in [-0.05, 0) is 23.8 Å². The summed E-state index contributed by atoms with van der Waals surface area (Å²) in [6, 6.07) is 13.6. The summed E-state index contributed by atoms with van der Waals surface area (Å²) in [5.74, 6) is -0.641. The van der Waals surface area contributed by atoms with Gasteiger partial charge in [0.05, 0.1) is 18.5 Å². The number of rotatable bonds is 5. The van der Waals surface area contributed by atoms with E-state index in [0.717, 1.165) is 10.2 Å². The normalized spacial score (nSPS) is 10.8. The van der Waals surface area contributed by atoms with Gasteiger partial charge in [0.15, 0.2) is 5.69 Å². The van der Waals surface area contributed by atoms with E-state index in [9.17, 15) is 9.59 Å². The molecule has 2 aromatic carbocycles. The number of esters is 1. The maximum Gasteiger partial charge on any atom is 0.359 e. The van der Waals surface area contributed by atoms with Gasteiger partial charge in [0.2, 0.25) is 0 Å². The van der Waals surface area contributed by atoms with Crippen molar-refractivity contribution in [3.63, 3.8) is 0 Å². The molecule has 3 aromatic rings. The number of hydrogen-bond acceptors (Lipinski definition) is 5. The van der Waals surface area contributed by atoms with E-state index in [1.807, 2.05) is 0 Å². The van der Waals surface area contributed by atoms with Crippen molar-refractivity contribution in [3.05, 3.63) is 75.2 Å². The summed E-state index contributed by atoms with van der Waals surface area (Å²) in [5.41, 5.74) is 0.460. The first-order chi connectivity index (χ1) is 12.1. The van der Waals surface area contributed by atoms with Crippen molar-refractivity contribution < 1.29 is 14.6 Å². The van der Waals surface area contributed by atoms with Crippen LogP contribution >= 0.6 is 11.6 Å². The fraction of sp³-hybridized carbons (Fsp3) is 0.167. The number of nitrogens with zero attached hydrogens (tertiary/aromatic N) is 2. The Hall–Kier alpha value is -2.70. The average Bonchev–Trinajstić information content (AvgIpc) is 2.63. The first-order valence-corrected chi connectivity index (χ1v) is 8.00. The number of carbonyl (C=O) groups excluding carboxylic acids is 1. The highest BCUT2D eigenvalue weighted by atomic mass is 35.5. The van der Waals surface area contributed by atoms with E-state index in [4.69, 9.17) is 21.4 Å². The summed E-state index contributed by atoms with van der Waals surface area (Å²) in [4.78, 5) is 24.8. The van der Waals surface area contributed by atoms with Crippen molar-refractivity contribution >= 4 is 28.3 Å². The molecule has 0 bridgehead atoms. The number of fused-ring (bicyclic) bond motifs is 1. The molecule has 0 spiro atoms. The van der Waals surface area contributed by atoms with Gasteiger partial charge >= 0.3 is 5.97 Å². The summed E-state index contributed by atoms with van der Waals surface area (Å²) in [6.07, 6.45) is 0. The SMILES string of the molecule is O=C(OCc1ccc(Cl)cc1)c1nn(CCO)c(=O)c2ccccc12. The first kappa shape index (κ1) is 17.1. The molecule has 0 aliphatic rings. The van der Waals surface area contributed by atoms with Crippen LogP contribution in [0.4, 0.5) is 0 Å². The molecule has 25 heavy (non-hydrogen) atoms. The van der Waals surface area contributed by atoms with Gasteiger partial charge in [0, 0.05) is 10.4 Å². The fourth-order valence-electron chi connectivity index (χ4n) is 2.43. The lowest BCUT2D eigenvalue weighted by Gasteiger charge is -2.10. The third kappa shape index (κ3) is 3.70. The van der Waals surface area contributed by atoms with E-state index in [1.54, 1.807) is 48.5 Å². The van der Waals surface area contributed by atoms with Gasteiger partial charge in [-0.25, -0.2) is 9.48 Å². The number of benzene rings is 2. The van der Waals surface area contributed by atoms with Crippen LogP contribution < -0.4 is 5.56 Å². The molecule has 1 aromatic heterocycles. The van der Waals surface area contributed by atoms with Gasteiger partial charge in [-0.1, -0.05) is 41.9 Å². The van der Waals surface area contributed by atoms with Gasteiger partial charge in [0.1, 0.15) is 6.61 Å². The lowest BCUT2D eigenvalue weighted by Crippen LogP contribution is -2.27. The van der Waals surface area contributed by atoms with Crippen molar-refractivity contribution in [3.8, 4) is 0 Å². The largest absolute Gasteiger partial charge is 0.456 e. The average molecular weight is 359 g/mol. The van der Waals surface area contributed by atoms with Gasteiger partial charge in [-0.15, -0.1) is 0 Å². The van der Waals surface area contributed by atoms with Crippen LogP contribution in [0.3, 0.4) is 0 Å². The molecule has 0 unspecified atom stereocenters. The minimum absolute atomic E-state index is 0.00112. The summed E-state index contributed by atoms with van der Waals surface area (Å²) in [6.45, 7) is -0.198. The number of aliphatic hydroxyl groups is 1. The third-order valence-electron chi connectivity index (χ3n) is 3.66. The molecule has 6 nitrogen and oxygen atoms in total. The highest BCUT2D eigenvalue weighted by molar-refractivity contribution is 6.30. The number of carbonyl (C=O) groups is 1. The van der Waals surface area contributed by atoms with Gasteiger partial charge in [0.25, 0.3) is 5.56 Å². The van der Waals surface area contributed by atoms with E-state index >= 15 is 0 Å². The lowest BCUT2D eigenvalue weighted by molar-refractivity contribution is 0.0465. The molecule has 0 amide bonds. The Labute approximate surface area is 148 Å². The Morgan fingerprint density at radius 1 is 1.12 bits per heavy atom. The van der Waals surface area contributed by atoms with E-state index in [0.29, 0.717) is 15.8 Å². The number of ether oxygens (including phenoxy) is 1. The number of halogens is 1. The standard InChI is InChI=1S/C18H15ClN2O4/c19-13-7-5-12(6-8-13)11-25-18(24)16-14-3-1-2-4-15(14)17(23)21(20-16)9-10-22/h1-8,22H,9-11H2. The zero-order valence-electron chi connectivity index (χ0n) is 13.2. The lowest BCUT2D eigenvalue weighted by atomic mass is 10.1. The van der Waals surface area contributed by atoms with Gasteiger partial charge < -0.3 is 9.84 Å². The topological polar surface area (TPSA) is 81.4 Å². The summed E-state index contributed by atoms with van der Waals surface area (Å²) < 4.78 is 6.38. The van der Waals surface area contributed by atoms with Crippen LogP contribution in [-0.2, 0) is 17.9 Å². The van der Waals surface area contributed by atoms with Crippen LogP contribution in [-0.4, -0.2) is 27.5 Å². The third-order valence-corrected chi connectivity index (χ3v) is 3.91. The maximum atomic E-state index is 12.5. The number of hydrogen-bond donors (Lipinski definition) is 1. The van der Waals surface area contributed by atoms with Gasteiger partial charge in [-0.2, -0.15) is 5.10 Å². The predicted octanol–water partition coefficient (Wildman–Crippen LogP) is 2.40. The second-order valence-corrected chi connectivity index (χ2v) is 5.79. The second kappa shape index (κ2) is 7.46. The predicted molar refractivity (Wildman–Crippen MR) is 93.7 cm³/mol. The van der Waals surface area contributed by atoms with Crippen molar-refractivity contribution in [1.29, 1.82) is 0 Å². The molecule has 0 saturated carbocycles. The molecule has 0 saturated heterocycles. The summed E-state index contributed by atoms with van der Waals surface area (Å²) in [7, 11) is 0. The quantitative estimate of drug-likeness (QED) is 0.708. The van der Waals surface area contributed by atoms with Gasteiger partial charge in [-0.3, -0.25) is 4.79 Å². The molecular formula is C18H15ClN2O4. The molecular weight excluding hydrogens is 344 g/mol. The van der Waals surface area contributed by atoms with Crippen LogP contribution in [0.2, 0.25) is 5.02 Å². The van der Waals surface area contributed by atoms with E-state index in [2.05, 4.69) is 5.10 Å². The van der Waals surface area contributed by atoms with Crippen LogP contribution in [0.1, 0.15) is 16.1 Å². The van der Waals surface area contributed by atoms with Crippen LogP contribution in [0.15, 0.2) is 53.3 Å². The molecule has 1 N–H and O–H groups in total. The Balaban J connectivity index is 1.93. The van der Waals surface area contributed by atoms with Crippen molar-refractivity contribution in [1.82, 2.24) is 9.78 Å². The van der Waals surface area contributed by atoms with Crippen molar-refractivity contribution in [2.45, 2.75) is 13.2 Å². The van der Waals surface area contributed by atoms with E-state index in [1.165, 1.54) is 0 Å². The smallest absolute Gasteiger partial charge is 0.359 e.